The van der Waals surface area contributed by atoms with Crippen LogP contribution in [0.15, 0.2) is 243 Å². The highest BCUT2D eigenvalue weighted by molar-refractivity contribution is 6.23. The SMILES string of the molecule is c1ccc(-c2c3ccccc3n3c4c(-c5ccc(N(c6ccc(-c7cccc8ccccc78)cc6)c6cc7ccccc7c7ccccc67)cc5)cccc4c4ccccc4c23)cc1. The van der Waals surface area contributed by atoms with E-state index >= 15 is 0 Å². The Hall–Kier alpha value is -8.46. The van der Waals surface area contributed by atoms with Crippen LogP contribution in [0.25, 0.3) is 104 Å². The monoisotopic (exact) mass is 812 g/mol. The summed E-state index contributed by atoms with van der Waals surface area (Å²) in [6, 6.07) is 89.0. The van der Waals surface area contributed by atoms with Gasteiger partial charge in [0.25, 0.3) is 0 Å². The molecule has 0 N–H and O–H groups in total. The Balaban J connectivity index is 1.03. The number of aromatic nitrogens is 1. The summed E-state index contributed by atoms with van der Waals surface area (Å²) in [5, 5.41) is 12.4. The molecule has 0 fully saturated rings. The Labute approximate surface area is 371 Å². The van der Waals surface area contributed by atoms with Crippen LogP contribution in [0.5, 0.6) is 0 Å². The van der Waals surface area contributed by atoms with Gasteiger partial charge >= 0.3 is 0 Å². The van der Waals surface area contributed by atoms with E-state index in [1.165, 1.54) is 104 Å². The number of rotatable bonds is 6. The van der Waals surface area contributed by atoms with Crippen molar-refractivity contribution in [3.63, 3.8) is 0 Å². The molecular formula is C62H40N2. The standard InChI is InChI=1S/C62H40N2/c1-2-17-44(18-3-1)60-57-27-12-13-31-58(57)64-61-51(29-15-30-55(61)53-24-9-11-26-56(53)62(60)64)43-34-38-47(39-35-43)63(59-40-45-19-5-7-22-50(45)52-23-8-10-25-54(52)59)46-36-32-42(33-37-46)49-28-14-20-41-16-4-6-21-48(41)49/h1-40H. The molecule has 2 nitrogen and oxygen atoms in total. The third-order valence-corrected chi connectivity index (χ3v) is 13.3. The molecule has 13 rings (SSSR count). The minimum Gasteiger partial charge on any atom is -0.310 e. The molecule has 298 valence electrons. The first-order valence-electron chi connectivity index (χ1n) is 22.1. The molecule has 0 saturated carbocycles. The summed E-state index contributed by atoms with van der Waals surface area (Å²) in [7, 11) is 0. The van der Waals surface area contributed by atoms with Gasteiger partial charge in [0, 0.05) is 44.0 Å². The Bertz CT molecular complexity index is 3930. The zero-order chi connectivity index (χ0) is 42.1. The van der Waals surface area contributed by atoms with Crippen LogP contribution >= 0.6 is 0 Å². The number of hydrogen-bond acceptors (Lipinski definition) is 1. The lowest BCUT2D eigenvalue weighted by Gasteiger charge is -2.28. The van der Waals surface area contributed by atoms with Crippen LogP contribution in [0.2, 0.25) is 0 Å². The molecule has 0 aliphatic heterocycles. The number of anilines is 3. The molecule has 64 heavy (non-hydrogen) atoms. The van der Waals surface area contributed by atoms with Gasteiger partial charge in [-0.1, -0.05) is 206 Å². The quantitative estimate of drug-likeness (QED) is 0.152. The third kappa shape index (κ3) is 5.59. The predicted molar refractivity (Wildman–Crippen MR) is 273 cm³/mol. The molecule has 0 bridgehead atoms. The smallest absolute Gasteiger partial charge is 0.0626 e. The average molecular weight is 813 g/mol. The molecule has 0 amide bonds. The van der Waals surface area contributed by atoms with E-state index in [1.54, 1.807) is 0 Å². The minimum atomic E-state index is 1.09. The summed E-state index contributed by atoms with van der Waals surface area (Å²) in [6.45, 7) is 0. The fourth-order valence-corrected chi connectivity index (χ4v) is 10.5. The first-order valence-corrected chi connectivity index (χ1v) is 22.1. The molecule has 2 aromatic heterocycles. The van der Waals surface area contributed by atoms with E-state index in [0.717, 1.165) is 17.1 Å². The van der Waals surface area contributed by atoms with Gasteiger partial charge in [0.15, 0.2) is 0 Å². The third-order valence-electron chi connectivity index (χ3n) is 13.3. The van der Waals surface area contributed by atoms with Gasteiger partial charge in [-0.25, -0.2) is 0 Å². The lowest BCUT2D eigenvalue weighted by molar-refractivity contribution is 1.30. The van der Waals surface area contributed by atoms with Crippen LogP contribution in [-0.4, -0.2) is 4.40 Å². The number of para-hydroxylation sites is 2. The van der Waals surface area contributed by atoms with Gasteiger partial charge in [-0.2, -0.15) is 0 Å². The molecule has 13 aromatic rings. The Morgan fingerprint density at radius 1 is 0.281 bits per heavy atom. The van der Waals surface area contributed by atoms with Gasteiger partial charge in [0.1, 0.15) is 0 Å². The van der Waals surface area contributed by atoms with E-state index < -0.39 is 0 Å². The first-order chi connectivity index (χ1) is 31.8. The number of nitrogens with zero attached hydrogens (tertiary/aromatic N) is 2. The predicted octanol–water partition coefficient (Wildman–Crippen LogP) is 17.3. The average Bonchev–Trinajstić information content (AvgIpc) is 3.72. The molecule has 0 spiro atoms. The van der Waals surface area contributed by atoms with Gasteiger partial charge in [0.2, 0.25) is 0 Å². The number of fused-ring (bicyclic) bond motifs is 12. The molecule has 2 heteroatoms. The number of hydrogen-bond donors (Lipinski definition) is 0. The molecule has 0 radical (unpaired) electrons. The minimum absolute atomic E-state index is 1.09. The van der Waals surface area contributed by atoms with Gasteiger partial charge in [-0.15, -0.1) is 0 Å². The van der Waals surface area contributed by atoms with Crippen molar-refractivity contribution in [2.75, 3.05) is 4.90 Å². The van der Waals surface area contributed by atoms with Crippen LogP contribution in [0.1, 0.15) is 0 Å². The first kappa shape index (κ1) is 36.2. The summed E-state index contributed by atoms with van der Waals surface area (Å²) >= 11 is 0. The highest BCUT2D eigenvalue weighted by Gasteiger charge is 2.22. The lowest BCUT2D eigenvalue weighted by Crippen LogP contribution is -2.10. The van der Waals surface area contributed by atoms with Crippen molar-refractivity contribution in [3.05, 3.63) is 243 Å². The van der Waals surface area contributed by atoms with Gasteiger partial charge in [-0.3, -0.25) is 0 Å². The van der Waals surface area contributed by atoms with Crippen LogP contribution in [0, 0.1) is 0 Å². The number of benzene rings is 11. The zero-order valence-electron chi connectivity index (χ0n) is 35.0. The molecule has 0 aliphatic carbocycles. The Morgan fingerprint density at radius 2 is 0.766 bits per heavy atom. The van der Waals surface area contributed by atoms with E-state index in [1.807, 2.05) is 0 Å². The van der Waals surface area contributed by atoms with Crippen molar-refractivity contribution in [2.24, 2.45) is 0 Å². The van der Waals surface area contributed by atoms with Crippen LogP contribution in [-0.2, 0) is 0 Å². The second kappa shape index (κ2) is 14.6. The summed E-state index contributed by atoms with van der Waals surface area (Å²) in [4.78, 5) is 2.44. The lowest BCUT2D eigenvalue weighted by atomic mass is 9.95. The van der Waals surface area contributed by atoms with Crippen molar-refractivity contribution in [3.8, 4) is 33.4 Å². The highest BCUT2D eigenvalue weighted by Crippen LogP contribution is 2.46. The van der Waals surface area contributed by atoms with E-state index in [9.17, 15) is 0 Å². The molecule has 0 saturated heterocycles. The van der Waals surface area contributed by atoms with E-state index in [2.05, 4.69) is 252 Å². The van der Waals surface area contributed by atoms with Crippen LogP contribution in [0.3, 0.4) is 0 Å². The Morgan fingerprint density at radius 3 is 1.50 bits per heavy atom. The second-order valence-corrected chi connectivity index (χ2v) is 16.8. The van der Waals surface area contributed by atoms with Crippen molar-refractivity contribution >= 4 is 87.5 Å². The van der Waals surface area contributed by atoms with Crippen molar-refractivity contribution in [1.82, 2.24) is 4.40 Å². The highest BCUT2D eigenvalue weighted by atomic mass is 15.1. The maximum atomic E-state index is 2.53. The normalized spacial score (nSPS) is 11.8. The molecule has 2 heterocycles. The summed E-state index contributed by atoms with van der Waals surface area (Å²) in [6.07, 6.45) is 0. The topological polar surface area (TPSA) is 7.65 Å². The van der Waals surface area contributed by atoms with Crippen molar-refractivity contribution in [2.45, 2.75) is 0 Å². The fourth-order valence-electron chi connectivity index (χ4n) is 10.5. The van der Waals surface area contributed by atoms with Gasteiger partial charge in [0.05, 0.1) is 22.2 Å². The van der Waals surface area contributed by atoms with E-state index in [-0.39, 0.29) is 0 Å². The summed E-state index contributed by atoms with van der Waals surface area (Å²) in [5.74, 6) is 0. The van der Waals surface area contributed by atoms with E-state index in [4.69, 9.17) is 0 Å². The molecule has 0 atom stereocenters. The van der Waals surface area contributed by atoms with E-state index in [0.29, 0.717) is 0 Å². The largest absolute Gasteiger partial charge is 0.310 e. The van der Waals surface area contributed by atoms with Gasteiger partial charge < -0.3 is 9.30 Å². The number of pyridine rings is 1. The maximum Gasteiger partial charge on any atom is 0.0626 e. The Kier molecular flexibility index (Phi) is 8.25. The van der Waals surface area contributed by atoms with Crippen LogP contribution < -0.4 is 4.90 Å². The summed E-state index contributed by atoms with van der Waals surface area (Å²) in [5.41, 5.74) is 14.3. The molecular weight excluding hydrogens is 773 g/mol. The van der Waals surface area contributed by atoms with Crippen molar-refractivity contribution in [1.29, 1.82) is 0 Å². The zero-order valence-corrected chi connectivity index (χ0v) is 35.0. The van der Waals surface area contributed by atoms with Crippen molar-refractivity contribution < 1.29 is 0 Å². The van der Waals surface area contributed by atoms with Gasteiger partial charge in [-0.05, 0) is 91.0 Å². The molecule has 0 aliphatic rings. The summed E-state index contributed by atoms with van der Waals surface area (Å²) < 4.78 is 2.53. The fraction of sp³-hybridized carbons (Fsp3) is 0. The maximum absolute atomic E-state index is 2.53. The molecule has 0 unspecified atom stereocenters. The molecule has 11 aromatic carbocycles. The second-order valence-electron chi connectivity index (χ2n) is 16.8. The van der Waals surface area contributed by atoms with Crippen LogP contribution in [0.4, 0.5) is 17.1 Å².